The van der Waals surface area contributed by atoms with Gasteiger partial charge in [-0.2, -0.15) is 0 Å². The molecule has 2 aromatic rings. The highest BCUT2D eigenvalue weighted by atomic mass is 79.9. The summed E-state index contributed by atoms with van der Waals surface area (Å²) in [5.74, 6) is -0.0424. The van der Waals surface area contributed by atoms with Crippen LogP contribution in [0.15, 0.2) is 52.9 Å². The molecule has 4 rings (SSSR count). The van der Waals surface area contributed by atoms with E-state index in [9.17, 15) is 9.59 Å². The van der Waals surface area contributed by atoms with E-state index in [1.165, 1.54) is 6.26 Å². The summed E-state index contributed by atoms with van der Waals surface area (Å²) in [5, 5.41) is 0.683. The van der Waals surface area contributed by atoms with Crippen LogP contribution in [0, 0.1) is 19.8 Å². The lowest BCUT2D eigenvalue weighted by Gasteiger charge is -2.36. The van der Waals surface area contributed by atoms with Crippen LogP contribution in [0.2, 0.25) is 5.02 Å². The second-order valence-corrected chi connectivity index (χ2v) is 9.15. The predicted octanol–water partition coefficient (Wildman–Crippen LogP) is 5.93. The number of ketones is 1. The normalized spacial score (nSPS) is 22.8. The summed E-state index contributed by atoms with van der Waals surface area (Å²) in [6.45, 7) is 3.78. The van der Waals surface area contributed by atoms with Crippen molar-refractivity contribution in [3.05, 3.63) is 74.6 Å². The van der Waals surface area contributed by atoms with Gasteiger partial charge in [0, 0.05) is 15.9 Å². The Morgan fingerprint density at radius 1 is 1.16 bits per heavy atom. The van der Waals surface area contributed by atoms with Gasteiger partial charge in [-0.1, -0.05) is 23.7 Å². The van der Waals surface area contributed by atoms with Crippen molar-refractivity contribution in [2.24, 2.45) is 5.92 Å². The molecule has 0 aromatic heterocycles. The summed E-state index contributed by atoms with van der Waals surface area (Å²) >= 11 is 9.58. The molecule has 0 radical (unpaired) electrons. The average molecular weight is 506 g/mol. The maximum Gasteiger partial charge on any atom is 0.339 e. The molecule has 7 heteroatoms. The molecule has 0 N–H and O–H groups in total. The van der Waals surface area contributed by atoms with Gasteiger partial charge in [0.1, 0.15) is 24.2 Å². The molecule has 5 nitrogen and oxygen atoms in total. The number of hydrogen-bond donors (Lipinski definition) is 0. The molecule has 2 aromatic carbocycles. The van der Waals surface area contributed by atoms with Crippen LogP contribution in [0.25, 0.3) is 0 Å². The van der Waals surface area contributed by atoms with E-state index in [-0.39, 0.29) is 35.6 Å². The van der Waals surface area contributed by atoms with Crippen molar-refractivity contribution in [3.63, 3.8) is 0 Å². The molecule has 0 saturated heterocycles. The second kappa shape index (κ2) is 9.05. The van der Waals surface area contributed by atoms with Crippen molar-refractivity contribution in [2.75, 3.05) is 0 Å². The van der Waals surface area contributed by atoms with Crippen molar-refractivity contribution >= 4 is 39.3 Å². The predicted molar refractivity (Wildman–Crippen MR) is 120 cm³/mol. The first-order valence-corrected chi connectivity index (χ1v) is 11.3. The molecule has 1 fully saturated rings. The SMILES string of the molecule is Cc1cc(OC2=COC3CC(OC(=O)c4ccccc4Br)CCC3C2=O)cc(C)c1Cl. The van der Waals surface area contributed by atoms with Crippen LogP contribution in [-0.4, -0.2) is 24.0 Å². The molecule has 3 atom stereocenters. The minimum Gasteiger partial charge on any atom is -0.493 e. The fourth-order valence-electron chi connectivity index (χ4n) is 4.05. The molecule has 2 aliphatic rings. The van der Waals surface area contributed by atoms with Crippen LogP contribution in [-0.2, 0) is 14.3 Å². The van der Waals surface area contributed by atoms with Crippen LogP contribution in [0.4, 0.5) is 0 Å². The third kappa shape index (κ3) is 4.65. The van der Waals surface area contributed by atoms with Gasteiger partial charge in [0.25, 0.3) is 0 Å². The molecule has 0 bridgehead atoms. The number of esters is 1. The first-order chi connectivity index (χ1) is 14.8. The summed E-state index contributed by atoms with van der Waals surface area (Å²) in [6, 6.07) is 10.7. The first kappa shape index (κ1) is 21.9. The summed E-state index contributed by atoms with van der Waals surface area (Å²) in [7, 11) is 0. The standard InChI is InChI=1S/C24H22BrClO5/c1-13-9-16(10-14(2)22(13)26)30-21-12-29-20-11-15(7-8-18(20)23(21)27)31-24(28)17-5-3-4-6-19(17)25/h3-6,9-10,12,15,18,20H,7-8,11H2,1-2H3. The number of aryl methyl sites for hydroxylation is 2. The van der Waals surface area contributed by atoms with E-state index in [0.29, 0.717) is 40.1 Å². The van der Waals surface area contributed by atoms with E-state index in [1.807, 2.05) is 19.9 Å². The zero-order chi connectivity index (χ0) is 22.1. The van der Waals surface area contributed by atoms with Crippen molar-refractivity contribution in [1.29, 1.82) is 0 Å². The summed E-state index contributed by atoms with van der Waals surface area (Å²) < 4.78 is 18.0. The van der Waals surface area contributed by atoms with Crippen molar-refractivity contribution in [1.82, 2.24) is 0 Å². The molecule has 0 amide bonds. The average Bonchev–Trinajstić information content (AvgIpc) is 2.74. The van der Waals surface area contributed by atoms with Gasteiger partial charge in [0.2, 0.25) is 11.5 Å². The molecular weight excluding hydrogens is 484 g/mol. The van der Waals surface area contributed by atoms with Crippen molar-refractivity contribution in [3.8, 4) is 5.75 Å². The Hall–Kier alpha value is -2.31. The zero-order valence-electron chi connectivity index (χ0n) is 17.2. The van der Waals surface area contributed by atoms with Gasteiger partial charge in [-0.15, -0.1) is 0 Å². The number of carbonyl (C=O) groups is 2. The first-order valence-electron chi connectivity index (χ1n) is 10.1. The maximum atomic E-state index is 13.0. The molecule has 1 aliphatic carbocycles. The molecule has 1 saturated carbocycles. The third-order valence-corrected chi connectivity index (χ3v) is 6.97. The van der Waals surface area contributed by atoms with Crippen LogP contribution in [0.5, 0.6) is 5.75 Å². The number of halogens is 2. The fraction of sp³-hybridized carbons (Fsp3) is 0.333. The number of allylic oxidation sites excluding steroid dienone is 1. The van der Waals surface area contributed by atoms with Crippen LogP contribution < -0.4 is 4.74 Å². The number of hydrogen-bond acceptors (Lipinski definition) is 5. The molecule has 1 heterocycles. The van der Waals surface area contributed by atoms with Gasteiger partial charge in [-0.05, 0) is 78.0 Å². The summed E-state index contributed by atoms with van der Waals surface area (Å²) in [6.07, 6.45) is 2.37. The lowest BCUT2D eigenvalue weighted by Crippen LogP contribution is -2.43. The Morgan fingerprint density at radius 2 is 1.87 bits per heavy atom. The lowest BCUT2D eigenvalue weighted by atomic mass is 9.80. The van der Waals surface area contributed by atoms with E-state index in [0.717, 1.165) is 11.1 Å². The molecule has 3 unspecified atom stereocenters. The van der Waals surface area contributed by atoms with Gasteiger partial charge in [-0.3, -0.25) is 4.79 Å². The van der Waals surface area contributed by atoms with Crippen LogP contribution >= 0.6 is 27.5 Å². The highest BCUT2D eigenvalue weighted by Gasteiger charge is 2.42. The maximum absolute atomic E-state index is 13.0. The topological polar surface area (TPSA) is 61.8 Å². The van der Waals surface area contributed by atoms with Gasteiger partial charge >= 0.3 is 5.97 Å². The zero-order valence-corrected chi connectivity index (χ0v) is 19.5. The number of rotatable bonds is 4. The monoisotopic (exact) mass is 504 g/mol. The highest BCUT2D eigenvalue weighted by molar-refractivity contribution is 9.10. The Bertz CT molecular complexity index is 1040. The molecule has 162 valence electrons. The molecule has 0 spiro atoms. The van der Waals surface area contributed by atoms with Crippen molar-refractivity contribution in [2.45, 2.75) is 45.3 Å². The highest BCUT2D eigenvalue weighted by Crippen LogP contribution is 2.36. The number of benzene rings is 2. The van der Waals surface area contributed by atoms with E-state index >= 15 is 0 Å². The van der Waals surface area contributed by atoms with Crippen LogP contribution in [0.3, 0.4) is 0 Å². The quantitative estimate of drug-likeness (QED) is 0.482. The largest absolute Gasteiger partial charge is 0.493 e. The fourth-order valence-corrected chi connectivity index (χ4v) is 4.60. The van der Waals surface area contributed by atoms with E-state index in [2.05, 4.69) is 15.9 Å². The molecular formula is C24H22BrClO5. The van der Waals surface area contributed by atoms with Gasteiger partial charge in [-0.25, -0.2) is 4.79 Å². The minimum absolute atomic E-state index is 0.0860. The van der Waals surface area contributed by atoms with E-state index in [1.54, 1.807) is 30.3 Å². The summed E-state index contributed by atoms with van der Waals surface area (Å²) in [4.78, 5) is 25.5. The Morgan fingerprint density at radius 3 is 2.58 bits per heavy atom. The van der Waals surface area contributed by atoms with Crippen molar-refractivity contribution < 1.29 is 23.8 Å². The summed E-state index contributed by atoms with van der Waals surface area (Å²) in [5.41, 5.74) is 2.24. The number of carbonyl (C=O) groups excluding carboxylic acids is 2. The van der Waals surface area contributed by atoms with Gasteiger partial charge in [0.15, 0.2) is 0 Å². The Labute approximate surface area is 194 Å². The minimum atomic E-state index is -0.383. The van der Waals surface area contributed by atoms with Crippen LogP contribution in [0.1, 0.15) is 40.7 Å². The molecule has 31 heavy (non-hydrogen) atoms. The second-order valence-electron chi connectivity index (χ2n) is 7.92. The number of fused-ring (bicyclic) bond motifs is 1. The Kier molecular flexibility index (Phi) is 6.39. The van der Waals surface area contributed by atoms with E-state index in [4.69, 9.17) is 25.8 Å². The van der Waals surface area contributed by atoms with Gasteiger partial charge in [0.05, 0.1) is 11.5 Å². The number of Topliss-reactive ketones (excluding diaryl/α,β-unsaturated/α-hetero) is 1. The lowest BCUT2D eigenvalue weighted by molar-refractivity contribution is -0.132. The third-order valence-electron chi connectivity index (χ3n) is 5.68. The van der Waals surface area contributed by atoms with Gasteiger partial charge < -0.3 is 14.2 Å². The number of ether oxygens (including phenoxy) is 3. The van der Waals surface area contributed by atoms with E-state index < -0.39 is 0 Å². The molecule has 1 aliphatic heterocycles. The smallest absolute Gasteiger partial charge is 0.339 e. The Balaban J connectivity index is 1.41.